The molecule has 0 spiro atoms. The highest BCUT2D eigenvalue weighted by Gasteiger charge is 2.08. The van der Waals surface area contributed by atoms with E-state index in [-0.39, 0.29) is 31.4 Å². The molecule has 4 heteroatoms. The molecule has 4 nitrogen and oxygen atoms in total. The van der Waals surface area contributed by atoms with Gasteiger partial charge in [-0.05, 0) is 32.3 Å². The molecule has 0 bridgehead atoms. The highest BCUT2D eigenvalue weighted by molar-refractivity contribution is 5.77. The van der Waals surface area contributed by atoms with E-state index in [9.17, 15) is 9.59 Å². The molecule has 18 heavy (non-hydrogen) atoms. The first kappa shape index (κ1) is 16.7. The van der Waals surface area contributed by atoms with E-state index >= 15 is 0 Å². The Hall–Kier alpha value is -1.32. The molecule has 0 radical (unpaired) electrons. The van der Waals surface area contributed by atoms with Gasteiger partial charge in [-0.15, -0.1) is 0 Å². The van der Waals surface area contributed by atoms with Crippen LogP contribution in [0.25, 0.3) is 0 Å². The van der Waals surface area contributed by atoms with Crippen molar-refractivity contribution in [3.8, 4) is 0 Å². The number of hydrogen-bond donors (Lipinski definition) is 0. The van der Waals surface area contributed by atoms with Gasteiger partial charge in [0.25, 0.3) is 0 Å². The molecular weight excluding hydrogens is 232 g/mol. The second kappa shape index (κ2) is 9.68. The predicted molar refractivity (Wildman–Crippen MR) is 70.0 cm³/mol. The van der Waals surface area contributed by atoms with E-state index in [2.05, 4.69) is 13.8 Å². The summed E-state index contributed by atoms with van der Waals surface area (Å²) in [4.78, 5) is 22.5. The molecule has 104 valence electrons. The maximum atomic E-state index is 11.3. The molecular formula is C14H24O4. The minimum absolute atomic E-state index is 0.0805. The van der Waals surface area contributed by atoms with Crippen molar-refractivity contribution in [3.05, 3.63) is 11.6 Å². The average molecular weight is 256 g/mol. The van der Waals surface area contributed by atoms with Crippen molar-refractivity contribution >= 4 is 11.9 Å². The molecule has 0 aliphatic heterocycles. The first-order valence-corrected chi connectivity index (χ1v) is 6.36. The van der Waals surface area contributed by atoms with Crippen LogP contribution in [0.15, 0.2) is 11.6 Å². The third kappa shape index (κ3) is 11.2. The van der Waals surface area contributed by atoms with Crippen LogP contribution in [0.4, 0.5) is 0 Å². The molecule has 0 aliphatic carbocycles. The monoisotopic (exact) mass is 256 g/mol. The van der Waals surface area contributed by atoms with E-state index in [1.807, 2.05) is 19.9 Å². The van der Waals surface area contributed by atoms with Gasteiger partial charge in [-0.2, -0.15) is 0 Å². The molecule has 0 aromatic rings. The molecule has 0 amide bonds. The quantitative estimate of drug-likeness (QED) is 0.495. The zero-order chi connectivity index (χ0) is 14.0. The molecule has 0 aromatic carbocycles. The Labute approximate surface area is 109 Å². The highest BCUT2D eigenvalue weighted by Crippen LogP contribution is 2.02. The summed E-state index contributed by atoms with van der Waals surface area (Å²) >= 11 is 0. The van der Waals surface area contributed by atoms with Crippen molar-refractivity contribution < 1.29 is 19.1 Å². The van der Waals surface area contributed by atoms with Crippen LogP contribution in [-0.2, 0) is 19.1 Å². The van der Waals surface area contributed by atoms with Crippen LogP contribution >= 0.6 is 0 Å². The summed E-state index contributed by atoms with van der Waals surface area (Å²) in [7, 11) is 0. The molecule has 0 heterocycles. The van der Waals surface area contributed by atoms with E-state index < -0.39 is 0 Å². The maximum Gasteiger partial charge on any atom is 0.306 e. The van der Waals surface area contributed by atoms with E-state index in [4.69, 9.17) is 9.47 Å². The van der Waals surface area contributed by atoms with Gasteiger partial charge in [0, 0.05) is 0 Å². The third-order valence-corrected chi connectivity index (χ3v) is 2.23. The first-order chi connectivity index (χ1) is 8.41. The molecule has 0 atom stereocenters. The van der Waals surface area contributed by atoms with Gasteiger partial charge in [0.1, 0.15) is 6.61 Å². The van der Waals surface area contributed by atoms with E-state index in [0.29, 0.717) is 12.5 Å². The predicted octanol–water partition coefficient (Wildman–Crippen LogP) is 2.87. The number of ether oxygens (including phenoxy) is 2. The van der Waals surface area contributed by atoms with Crippen molar-refractivity contribution in [2.24, 2.45) is 5.92 Å². The van der Waals surface area contributed by atoms with Crippen LogP contribution in [0.5, 0.6) is 0 Å². The molecule has 0 saturated carbocycles. The van der Waals surface area contributed by atoms with E-state index in [1.54, 1.807) is 0 Å². The molecule has 0 fully saturated rings. The summed E-state index contributed by atoms with van der Waals surface area (Å²) in [5.41, 5.74) is 1.09. The molecule has 0 saturated heterocycles. The zero-order valence-electron chi connectivity index (χ0n) is 11.8. The summed E-state index contributed by atoms with van der Waals surface area (Å²) in [6.45, 7) is 8.68. The lowest BCUT2D eigenvalue weighted by atomic mass is 10.1. The van der Waals surface area contributed by atoms with E-state index in [1.165, 1.54) is 0 Å². The Morgan fingerprint density at radius 1 is 1.06 bits per heavy atom. The number of carbonyl (C=O) groups excluding carboxylic acids is 2. The van der Waals surface area contributed by atoms with Crippen molar-refractivity contribution in [3.63, 3.8) is 0 Å². The summed E-state index contributed by atoms with van der Waals surface area (Å²) in [6.07, 6.45) is 2.83. The van der Waals surface area contributed by atoms with Crippen LogP contribution in [0, 0.1) is 5.92 Å². The standard InChI is InChI=1S/C14H24O4/c1-11(2)7-9-17-13(15)5-6-14(16)18-10-8-12(3)4/h7,12H,5-6,8-10H2,1-4H3. The molecule has 0 unspecified atom stereocenters. The van der Waals surface area contributed by atoms with E-state index in [0.717, 1.165) is 12.0 Å². The van der Waals surface area contributed by atoms with Crippen LogP contribution in [0.1, 0.15) is 47.0 Å². The Balaban J connectivity index is 3.59. The summed E-state index contributed by atoms with van der Waals surface area (Å²) < 4.78 is 9.91. The van der Waals surface area contributed by atoms with Crippen LogP contribution in [0.3, 0.4) is 0 Å². The maximum absolute atomic E-state index is 11.3. The molecule has 0 aliphatic rings. The van der Waals surface area contributed by atoms with Gasteiger partial charge in [0.2, 0.25) is 0 Å². The van der Waals surface area contributed by atoms with Crippen molar-refractivity contribution in [1.82, 2.24) is 0 Å². The molecule has 0 rings (SSSR count). The minimum atomic E-state index is -0.367. The van der Waals surface area contributed by atoms with Gasteiger partial charge in [-0.3, -0.25) is 9.59 Å². The van der Waals surface area contributed by atoms with Gasteiger partial charge >= 0.3 is 11.9 Å². The summed E-state index contributed by atoms with van der Waals surface area (Å²) in [6, 6.07) is 0. The van der Waals surface area contributed by atoms with Gasteiger partial charge in [0.05, 0.1) is 19.4 Å². The van der Waals surface area contributed by atoms with Crippen LogP contribution in [-0.4, -0.2) is 25.2 Å². The number of hydrogen-bond acceptors (Lipinski definition) is 4. The van der Waals surface area contributed by atoms with Gasteiger partial charge < -0.3 is 9.47 Å². The Morgan fingerprint density at radius 2 is 1.61 bits per heavy atom. The summed E-state index contributed by atoms with van der Waals surface area (Å²) in [5.74, 6) is -0.199. The SMILES string of the molecule is CC(C)=CCOC(=O)CCC(=O)OCCC(C)C. The molecule has 0 aromatic heterocycles. The Bertz CT molecular complexity index is 288. The van der Waals surface area contributed by atoms with Crippen molar-refractivity contribution in [1.29, 1.82) is 0 Å². The first-order valence-electron chi connectivity index (χ1n) is 6.36. The Kier molecular flexibility index (Phi) is 8.97. The lowest BCUT2D eigenvalue weighted by Crippen LogP contribution is -2.11. The van der Waals surface area contributed by atoms with Crippen molar-refractivity contribution in [2.45, 2.75) is 47.0 Å². The number of carbonyl (C=O) groups is 2. The van der Waals surface area contributed by atoms with Crippen LogP contribution < -0.4 is 0 Å². The normalized spacial score (nSPS) is 10.1. The molecule has 0 N–H and O–H groups in total. The second-order valence-electron chi connectivity index (χ2n) is 4.87. The van der Waals surface area contributed by atoms with Gasteiger partial charge in [-0.1, -0.05) is 19.4 Å². The average Bonchev–Trinajstić information content (AvgIpc) is 2.25. The largest absolute Gasteiger partial charge is 0.466 e. The number of allylic oxidation sites excluding steroid dienone is 1. The number of esters is 2. The van der Waals surface area contributed by atoms with Crippen LogP contribution in [0.2, 0.25) is 0 Å². The topological polar surface area (TPSA) is 52.6 Å². The lowest BCUT2D eigenvalue weighted by molar-refractivity contribution is -0.149. The third-order valence-electron chi connectivity index (χ3n) is 2.23. The minimum Gasteiger partial charge on any atom is -0.466 e. The summed E-state index contributed by atoms with van der Waals surface area (Å²) in [5, 5.41) is 0. The second-order valence-corrected chi connectivity index (χ2v) is 4.87. The number of rotatable bonds is 8. The fourth-order valence-electron chi connectivity index (χ4n) is 1.06. The fraction of sp³-hybridized carbons (Fsp3) is 0.714. The fourth-order valence-corrected chi connectivity index (χ4v) is 1.06. The van der Waals surface area contributed by atoms with Gasteiger partial charge in [-0.25, -0.2) is 0 Å². The highest BCUT2D eigenvalue weighted by atomic mass is 16.5. The van der Waals surface area contributed by atoms with Gasteiger partial charge in [0.15, 0.2) is 0 Å². The zero-order valence-corrected chi connectivity index (χ0v) is 11.8. The van der Waals surface area contributed by atoms with Crippen molar-refractivity contribution in [2.75, 3.05) is 13.2 Å². The lowest BCUT2D eigenvalue weighted by Gasteiger charge is -2.06. The Morgan fingerprint density at radius 3 is 2.11 bits per heavy atom. The smallest absolute Gasteiger partial charge is 0.306 e.